The topological polar surface area (TPSA) is 81.5 Å². The number of carbonyl (C=O) groups is 1. The summed E-state index contributed by atoms with van der Waals surface area (Å²) < 4.78 is 4.91. The second kappa shape index (κ2) is 7.10. The van der Waals surface area contributed by atoms with Crippen molar-refractivity contribution in [3.63, 3.8) is 0 Å². The van der Waals surface area contributed by atoms with Crippen LogP contribution in [0.4, 0.5) is 5.69 Å². The van der Waals surface area contributed by atoms with Crippen molar-refractivity contribution in [2.45, 2.75) is 17.9 Å². The second-order valence-corrected chi connectivity index (χ2v) is 4.82. The average molecular weight is 284 g/mol. The zero-order chi connectivity index (χ0) is 14.4. The Bertz CT molecular complexity index is 479. The lowest BCUT2D eigenvalue weighted by Crippen LogP contribution is -2.35. The van der Waals surface area contributed by atoms with Crippen LogP contribution in [0.2, 0.25) is 0 Å². The molecule has 0 bridgehead atoms. The highest BCUT2D eigenvalue weighted by atomic mass is 32.2. The fourth-order valence-corrected chi connectivity index (χ4v) is 2.12. The third kappa shape index (κ3) is 4.22. The Balaban J connectivity index is 2.92. The number of ether oxygens (including phenoxy) is 1. The zero-order valence-electron chi connectivity index (χ0n) is 11.0. The van der Waals surface area contributed by atoms with Crippen molar-refractivity contribution in [1.82, 2.24) is 5.32 Å². The van der Waals surface area contributed by atoms with E-state index in [0.717, 1.165) is 0 Å². The maximum Gasteiger partial charge on any atom is 0.283 e. The van der Waals surface area contributed by atoms with Crippen LogP contribution in [0, 0.1) is 10.1 Å². The Morgan fingerprint density at radius 3 is 2.79 bits per heavy atom. The van der Waals surface area contributed by atoms with Crippen LogP contribution in [-0.4, -0.2) is 36.8 Å². The summed E-state index contributed by atoms with van der Waals surface area (Å²) in [5, 5.41) is 13.6. The van der Waals surface area contributed by atoms with Crippen LogP contribution in [0.3, 0.4) is 0 Å². The lowest BCUT2D eigenvalue weighted by Gasteiger charge is -2.12. The highest BCUT2D eigenvalue weighted by molar-refractivity contribution is 7.98. The molecule has 19 heavy (non-hydrogen) atoms. The van der Waals surface area contributed by atoms with Gasteiger partial charge >= 0.3 is 0 Å². The van der Waals surface area contributed by atoms with Crippen LogP contribution in [0.25, 0.3) is 0 Å². The van der Waals surface area contributed by atoms with Gasteiger partial charge in [0.15, 0.2) is 0 Å². The van der Waals surface area contributed by atoms with Crippen LogP contribution in [-0.2, 0) is 4.74 Å². The fourth-order valence-electron chi connectivity index (χ4n) is 1.57. The van der Waals surface area contributed by atoms with E-state index in [-0.39, 0.29) is 23.2 Å². The van der Waals surface area contributed by atoms with E-state index < -0.39 is 4.92 Å². The van der Waals surface area contributed by atoms with E-state index in [0.29, 0.717) is 11.5 Å². The second-order valence-electron chi connectivity index (χ2n) is 3.97. The van der Waals surface area contributed by atoms with Gasteiger partial charge in [-0.25, -0.2) is 0 Å². The number of benzene rings is 1. The number of nitrogens with zero attached hydrogens (tertiary/aromatic N) is 1. The van der Waals surface area contributed by atoms with Crippen LogP contribution in [0.5, 0.6) is 0 Å². The summed E-state index contributed by atoms with van der Waals surface area (Å²) in [5.74, 6) is -0.347. The van der Waals surface area contributed by atoms with Gasteiger partial charge in [-0.05, 0) is 25.3 Å². The standard InChI is InChI=1S/C12H16N2O4S/c1-8(7-18-2)13-12(15)9-4-5-11(19-3)10(6-9)14(16)17/h4-6,8H,7H2,1-3H3,(H,13,15). The maximum absolute atomic E-state index is 11.9. The first-order chi connectivity index (χ1) is 8.99. The van der Waals surface area contributed by atoms with Crippen LogP contribution in [0.15, 0.2) is 23.1 Å². The van der Waals surface area contributed by atoms with Crippen molar-refractivity contribution < 1.29 is 14.5 Å². The zero-order valence-corrected chi connectivity index (χ0v) is 11.8. The Morgan fingerprint density at radius 2 is 2.26 bits per heavy atom. The molecule has 1 aromatic carbocycles. The molecule has 1 aromatic rings. The number of nitro benzene ring substituents is 1. The summed E-state index contributed by atoms with van der Waals surface area (Å²) >= 11 is 1.27. The SMILES string of the molecule is COCC(C)NC(=O)c1ccc(SC)c([N+](=O)[O-])c1. The summed E-state index contributed by atoms with van der Waals surface area (Å²) in [5.41, 5.74) is 0.215. The molecule has 104 valence electrons. The smallest absolute Gasteiger partial charge is 0.283 e. The lowest BCUT2D eigenvalue weighted by atomic mass is 10.2. The highest BCUT2D eigenvalue weighted by Gasteiger charge is 2.17. The van der Waals surface area contributed by atoms with Crippen LogP contribution < -0.4 is 5.32 Å². The van der Waals surface area contributed by atoms with Crippen molar-refractivity contribution in [3.8, 4) is 0 Å². The molecule has 0 aliphatic rings. The van der Waals surface area contributed by atoms with Gasteiger partial charge < -0.3 is 10.1 Å². The number of rotatable bonds is 6. The number of hydrogen-bond acceptors (Lipinski definition) is 5. The van der Waals surface area contributed by atoms with Gasteiger partial charge in [-0.3, -0.25) is 14.9 Å². The van der Waals surface area contributed by atoms with Crippen LogP contribution in [0.1, 0.15) is 17.3 Å². The van der Waals surface area contributed by atoms with Gasteiger partial charge in [0.2, 0.25) is 0 Å². The number of thioether (sulfide) groups is 1. The van der Waals surface area contributed by atoms with E-state index >= 15 is 0 Å². The van der Waals surface area contributed by atoms with Crippen molar-refractivity contribution in [3.05, 3.63) is 33.9 Å². The van der Waals surface area contributed by atoms with E-state index in [1.807, 2.05) is 0 Å². The fraction of sp³-hybridized carbons (Fsp3) is 0.417. The molecule has 0 aliphatic heterocycles. The largest absolute Gasteiger partial charge is 0.383 e. The molecule has 7 heteroatoms. The Hall–Kier alpha value is -1.60. The summed E-state index contributed by atoms with van der Waals surface area (Å²) in [7, 11) is 1.54. The predicted molar refractivity (Wildman–Crippen MR) is 73.7 cm³/mol. The first-order valence-electron chi connectivity index (χ1n) is 5.61. The molecule has 0 spiro atoms. The third-order valence-electron chi connectivity index (χ3n) is 2.43. The summed E-state index contributed by atoms with van der Waals surface area (Å²) in [4.78, 5) is 22.9. The monoisotopic (exact) mass is 284 g/mol. The number of nitro groups is 1. The third-order valence-corrected chi connectivity index (χ3v) is 3.22. The molecule has 0 heterocycles. The molecule has 1 rings (SSSR count). The Kier molecular flexibility index (Phi) is 5.78. The molecule has 0 saturated heterocycles. The minimum absolute atomic E-state index is 0.0560. The first kappa shape index (κ1) is 15.5. The van der Waals surface area contributed by atoms with Gasteiger partial charge in [0.05, 0.1) is 16.4 Å². The minimum Gasteiger partial charge on any atom is -0.383 e. The number of amides is 1. The van der Waals surface area contributed by atoms with Gasteiger partial charge in [0.25, 0.3) is 11.6 Å². The molecule has 0 radical (unpaired) electrons. The molecule has 0 aliphatic carbocycles. The molecule has 1 atom stereocenters. The molecule has 0 saturated carbocycles. The molecule has 0 aromatic heterocycles. The molecule has 1 amide bonds. The van der Waals surface area contributed by atoms with E-state index in [4.69, 9.17) is 4.74 Å². The van der Waals surface area contributed by atoms with E-state index in [9.17, 15) is 14.9 Å². The van der Waals surface area contributed by atoms with Crippen molar-refractivity contribution in [2.75, 3.05) is 20.0 Å². The Morgan fingerprint density at radius 1 is 1.58 bits per heavy atom. The van der Waals surface area contributed by atoms with E-state index in [1.54, 1.807) is 32.4 Å². The van der Waals surface area contributed by atoms with Crippen molar-refractivity contribution in [1.29, 1.82) is 0 Å². The van der Waals surface area contributed by atoms with Gasteiger partial charge in [-0.15, -0.1) is 11.8 Å². The first-order valence-corrected chi connectivity index (χ1v) is 6.84. The van der Waals surface area contributed by atoms with Gasteiger partial charge in [-0.2, -0.15) is 0 Å². The summed E-state index contributed by atoms with van der Waals surface area (Å²) in [6.45, 7) is 2.18. The lowest BCUT2D eigenvalue weighted by molar-refractivity contribution is -0.387. The number of hydrogen-bond donors (Lipinski definition) is 1. The molecular formula is C12H16N2O4S. The average Bonchev–Trinajstić information content (AvgIpc) is 2.37. The van der Waals surface area contributed by atoms with Gasteiger partial charge in [0.1, 0.15) is 0 Å². The molecule has 1 N–H and O–H groups in total. The normalized spacial score (nSPS) is 11.9. The predicted octanol–water partition coefficient (Wildman–Crippen LogP) is 2.08. The number of carbonyl (C=O) groups excluding carboxylic acids is 1. The molecule has 1 unspecified atom stereocenters. The highest BCUT2D eigenvalue weighted by Crippen LogP contribution is 2.28. The molecule has 6 nitrogen and oxygen atoms in total. The Labute approximate surface area is 115 Å². The summed E-state index contributed by atoms with van der Waals surface area (Å²) in [6.07, 6.45) is 1.75. The quantitative estimate of drug-likeness (QED) is 0.491. The van der Waals surface area contributed by atoms with E-state index in [1.165, 1.54) is 17.8 Å². The van der Waals surface area contributed by atoms with E-state index in [2.05, 4.69) is 5.32 Å². The molecular weight excluding hydrogens is 268 g/mol. The summed E-state index contributed by atoms with van der Waals surface area (Å²) in [6, 6.07) is 4.30. The van der Waals surface area contributed by atoms with Crippen LogP contribution >= 0.6 is 11.8 Å². The van der Waals surface area contributed by atoms with Gasteiger partial charge in [0, 0.05) is 24.8 Å². The van der Waals surface area contributed by atoms with Crippen molar-refractivity contribution >= 4 is 23.4 Å². The maximum atomic E-state index is 11.9. The minimum atomic E-state index is -0.485. The van der Waals surface area contributed by atoms with Crippen molar-refractivity contribution in [2.24, 2.45) is 0 Å². The number of nitrogens with one attached hydrogen (secondary N) is 1. The molecule has 0 fully saturated rings. The number of methoxy groups -OCH3 is 1. The van der Waals surface area contributed by atoms with Gasteiger partial charge in [-0.1, -0.05) is 0 Å².